The highest BCUT2D eigenvalue weighted by atomic mass is 79.9. The van der Waals surface area contributed by atoms with E-state index in [4.69, 9.17) is 4.52 Å². The average molecular weight is 321 g/mol. The van der Waals surface area contributed by atoms with E-state index in [1.807, 2.05) is 0 Å². The maximum Gasteiger partial charge on any atom is 0.172 e. The van der Waals surface area contributed by atoms with E-state index in [2.05, 4.69) is 56.3 Å². The van der Waals surface area contributed by atoms with Crippen LogP contribution in [0.4, 0.5) is 5.69 Å². The van der Waals surface area contributed by atoms with E-state index in [9.17, 15) is 0 Å². The predicted molar refractivity (Wildman–Crippen MR) is 79.3 cm³/mol. The Balaban J connectivity index is 1.57. The van der Waals surface area contributed by atoms with Gasteiger partial charge in [0, 0.05) is 13.1 Å². The van der Waals surface area contributed by atoms with Crippen molar-refractivity contribution in [3.63, 3.8) is 0 Å². The van der Waals surface area contributed by atoms with E-state index < -0.39 is 0 Å². The lowest BCUT2D eigenvalue weighted by atomic mass is 9.90. The molecule has 3 rings (SSSR count). The largest absolute Gasteiger partial charge is 0.367 e. The molecule has 19 heavy (non-hydrogen) atoms. The van der Waals surface area contributed by atoms with Gasteiger partial charge in [-0.25, -0.2) is 0 Å². The van der Waals surface area contributed by atoms with Crippen molar-refractivity contribution in [2.45, 2.75) is 19.3 Å². The zero-order valence-corrected chi connectivity index (χ0v) is 12.3. The fraction of sp³-hybridized carbons (Fsp3) is 0.400. The zero-order valence-electron chi connectivity index (χ0n) is 10.8. The summed E-state index contributed by atoms with van der Waals surface area (Å²) in [6.07, 6.45) is 5.38. The van der Waals surface area contributed by atoms with Gasteiger partial charge in [-0.15, -0.1) is 0 Å². The predicted octanol–water partition coefficient (Wildman–Crippen LogP) is 3.90. The molecule has 0 unspecified atom stereocenters. The van der Waals surface area contributed by atoms with Crippen LogP contribution in [-0.2, 0) is 6.42 Å². The lowest BCUT2D eigenvalue weighted by Crippen LogP contribution is -2.34. The number of nitrogens with zero attached hydrogens (tertiary/aromatic N) is 2. The molecule has 0 bridgehead atoms. The van der Waals surface area contributed by atoms with Gasteiger partial charge in [-0.1, -0.05) is 35.5 Å². The Kier molecular flexibility index (Phi) is 3.87. The van der Waals surface area contributed by atoms with Gasteiger partial charge in [0.1, 0.15) is 12.0 Å². The summed E-state index contributed by atoms with van der Waals surface area (Å²) in [7, 11) is 0. The number of benzene rings is 1. The summed E-state index contributed by atoms with van der Waals surface area (Å²) < 4.78 is 5.80. The summed E-state index contributed by atoms with van der Waals surface area (Å²) in [5.74, 6) is 0.789. The van der Waals surface area contributed by atoms with Crippen LogP contribution in [0.25, 0.3) is 0 Å². The van der Waals surface area contributed by atoms with Gasteiger partial charge in [0.05, 0.1) is 0 Å². The maximum absolute atomic E-state index is 4.98. The second kappa shape index (κ2) is 5.78. The Morgan fingerprint density at radius 1 is 1.21 bits per heavy atom. The van der Waals surface area contributed by atoms with Gasteiger partial charge in [0.2, 0.25) is 0 Å². The van der Waals surface area contributed by atoms with Crippen LogP contribution in [0.2, 0.25) is 0 Å². The second-order valence-corrected chi connectivity index (χ2v) is 5.86. The van der Waals surface area contributed by atoms with E-state index in [1.165, 1.54) is 24.8 Å². The number of anilines is 1. The molecule has 1 aromatic heterocycles. The molecule has 1 fully saturated rings. The highest BCUT2D eigenvalue weighted by Gasteiger charge is 2.22. The maximum atomic E-state index is 4.98. The van der Waals surface area contributed by atoms with Crippen LogP contribution in [-0.4, -0.2) is 18.2 Å². The van der Waals surface area contributed by atoms with Gasteiger partial charge < -0.3 is 9.42 Å². The molecule has 3 nitrogen and oxygen atoms in total. The fourth-order valence-corrected chi connectivity index (χ4v) is 3.18. The third kappa shape index (κ3) is 3.00. The molecule has 4 heteroatoms. The lowest BCUT2D eigenvalue weighted by Gasteiger charge is -2.32. The summed E-state index contributed by atoms with van der Waals surface area (Å²) in [6.45, 7) is 2.16. The average Bonchev–Trinajstić information content (AvgIpc) is 2.87. The highest BCUT2D eigenvalue weighted by molar-refractivity contribution is 9.10. The fourth-order valence-electron chi connectivity index (χ4n) is 2.75. The third-order valence-corrected chi connectivity index (χ3v) is 4.38. The third-order valence-electron chi connectivity index (χ3n) is 3.83. The first-order valence-corrected chi connectivity index (χ1v) is 7.51. The molecule has 1 aromatic carbocycles. The normalized spacial score (nSPS) is 16.8. The van der Waals surface area contributed by atoms with E-state index >= 15 is 0 Å². The standard InChI is InChI=1S/C15H17BrN2O/c16-15-14(11-19-17-15)18-8-6-13(7-9-18)10-12-4-2-1-3-5-12/h1-5,11,13H,6-10H2. The Labute approximate surface area is 121 Å². The molecule has 1 aliphatic heterocycles. The van der Waals surface area contributed by atoms with Crippen LogP contribution in [0.15, 0.2) is 45.7 Å². The zero-order chi connectivity index (χ0) is 13.1. The Morgan fingerprint density at radius 3 is 2.58 bits per heavy atom. The van der Waals surface area contributed by atoms with Crippen molar-refractivity contribution in [2.75, 3.05) is 18.0 Å². The van der Waals surface area contributed by atoms with Gasteiger partial charge in [-0.05, 0) is 46.7 Å². The number of rotatable bonds is 3. The number of hydrogen-bond acceptors (Lipinski definition) is 3. The molecule has 2 heterocycles. The number of aromatic nitrogens is 1. The molecule has 0 amide bonds. The van der Waals surface area contributed by atoms with Crippen LogP contribution in [0.5, 0.6) is 0 Å². The van der Waals surface area contributed by atoms with Gasteiger partial charge in [-0.3, -0.25) is 0 Å². The van der Waals surface area contributed by atoms with Crippen LogP contribution in [0, 0.1) is 5.92 Å². The summed E-state index contributed by atoms with van der Waals surface area (Å²) in [5.41, 5.74) is 2.53. The second-order valence-electron chi connectivity index (χ2n) is 5.11. The van der Waals surface area contributed by atoms with Crippen LogP contribution >= 0.6 is 15.9 Å². The lowest BCUT2D eigenvalue weighted by molar-refractivity contribution is 0.400. The van der Waals surface area contributed by atoms with Crippen LogP contribution in [0.1, 0.15) is 18.4 Å². The van der Waals surface area contributed by atoms with Gasteiger partial charge >= 0.3 is 0 Å². The van der Waals surface area contributed by atoms with E-state index in [1.54, 1.807) is 6.26 Å². The minimum absolute atomic E-state index is 0.789. The summed E-state index contributed by atoms with van der Waals surface area (Å²) >= 11 is 3.42. The van der Waals surface area contributed by atoms with Gasteiger partial charge in [-0.2, -0.15) is 0 Å². The Hall–Kier alpha value is -1.29. The van der Waals surface area contributed by atoms with E-state index in [-0.39, 0.29) is 0 Å². The van der Waals surface area contributed by atoms with E-state index in [0.29, 0.717) is 0 Å². The van der Waals surface area contributed by atoms with Crippen molar-refractivity contribution in [1.82, 2.24) is 5.16 Å². The molecule has 0 radical (unpaired) electrons. The number of halogens is 1. The summed E-state index contributed by atoms with van der Waals surface area (Å²) in [4.78, 5) is 2.35. The Morgan fingerprint density at radius 2 is 1.95 bits per heavy atom. The van der Waals surface area contributed by atoms with Gasteiger partial charge in [0.25, 0.3) is 0 Å². The molecule has 0 aliphatic carbocycles. The molecule has 2 aromatic rings. The van der Waals surface area contributed by atoms with Crippen LogP contribution < -0.4 is 4.90 Å². The van der Waals surface area contributed by atoms with Crippen molar-refractivity contribution in [1.29, 1.82) is 0 Å². The van der Waals surface area contributed by atoms with Crippen molar-refractivity contribution in [3.05, 3.63) is 46.8 Å². The minimum Gasteiger partial charge on any atom is -0.367 e. The SMILES string of the molecule is Brc1nocc1N1CCC(Cc2ccccc2)CC1. The molecular weight excluding hydrogens is 304 g/mol. The van der Waals surface area contributed by atoms with Crippen LogP contribution in [0.3, 0.4) is 0 Å². The highest BCUT2D eigenvalue weighted by Crippen LogP contribution is 2.30. The topological polar surface area (TPSA) is 29.3 Å². The molecule has 100 valence electrons. The number of hydrogen-bond donors (Lipinski definition) is 0. The first-order valence-electron chi connectivity index (χ1n) is 6.71. The number of piperidine rings is 1. The summed E-state index contributed by atoms with van der Waals surface area (Å²) in [5, 5.41) is 3.88. The molecule has 0 spiro atoms. The summed E-state index contributed by atoms with van der Waals surface area (Å²) in [6, 6.07) is 10.8. The molecule has 0 saturated carbocycles. The van der Waals surface area contributed by atoms with Crippen molar-refractivity contribution in [2.24, 2.45) is 5.92 Å². The minimum atomic E-state index is 0.789. The first-order chi connectivity index (χ1) is 9.33. The molecule has 1 aliphatic rings. The monoisotopic (exact) mass is 320 g/mol. The molecule has 0 atom stereocenters. The van der Waals surface area contributed by atoms with Crippen molar-refractivity contribution >= 4 is 21.6 Å². The molecule has 0 N–H and O–H groups in total. The molecule has 1 saturated heterocycles. The van der Waals surface area contributed by atoms with E-state index in [0.717, 1.165) is 29.3 Å². The quantitative estimate of drug-likeness (QED) is 0.859. The van der Waals surface area contributed by atoms with Crippen molar-refractivity contribution in [3.8, 4) is 0 Å². The Bertz CT molecular complexity index is 518. The molecular formula is C15H17BrN2O. The smallest absolute Gasteiger partial charge is 0.172 e. The van der Waals surface area contributed by atoms with Gasteiger partial charge in [0.15, 0.2) is 4.60 Å². The first kappa shape index (κ1) is 12.7. The van der Waals surface area contributed by atoms with Crippen molar-refractivity contribution < 1.29 is 4.52 Å².